The Balaban J connectivity index is 1.35. The van der Waals surface area contributed by atoms with Gasteiger partial charge in [-0.25, -0.2) is 4.21 Å². The van der Waals surface area contributed by atoms with Crippen LogP contribution in [-0.4, -0.2) is 58.2 Å². The van der Waals surface area contributed by atoms with E-state index in [0.29, 0.717) is 56.2 Å². The molecule has 2 aromatic heterocycles. The van der Waals surface area contributed by atoms with Crippen molar-refractivity contribution in [2.24, 2.45) is 5.11 Å². The average Bonchev–Trinajstić information content (AvgIpc) is 3.38. The lowest BCUT2D eigenvalue weighted by Gasteiger charge is -2.07. The predicted octanol–water partition coefficient (Wildman–Crippen LogP) is 3.04. The first kappa shape index (κ1) is 25.8. The van der Waals surface area contributed by atoms with Gasteiger partial charge in [-0.2, -0.15) is 0 Å². The molecule has 0 aliphatic heterocycles. The Hall–Kier alpha value is -3.80. The largest absolute Gasteiger partial charge is 0.494 e. The number of carbonyl (C=O) groups excluding carboxylic acids is 1. The molecule has 0 unspecified atom stereocenters. The molecule has 0 saturated carbocycles. The Morgan fingerprint density at radius 1 is 1.14 bits per heavy atom. The first-order valence-corrected chi connectivity index (χ1v) is 12.2. The highest BCUT2D eigenvalue weighted by molar-refractivity contribution is 7.83. The second-order valence-corrected chi connectivity index (χ2v) is 8.41. The molecular weight excluding hydrogens is 474 g/mol. The molecule has 1 atom stereocenters. The van der Waals surface area contributed by atoms with Crippen molar-refractivity contribution in [2.45, 2.75) is 23.8 Å². The highest BCUT2D eigenvalue weighted by Crippen LogP contribution is 2.23. The van der Waals surface area contributed by atoms with Crippen molar-refractivity contribution in [2.75, 3.05) is 32.9 Å². The third-order valence-corrected chi connectivity index (χ3v) is 5.60. The summed E-state index contributed by atoms with van der Waals surface area (Å²) in [5.74, 6) is 1.01. The van der Waals surface area contributed by atoms with Crippen LogP contribution in [0.15, 0.2) is 63.4 Å². The SMILES string of the molecule is [N-]=[N+]=NCCOCCNC(=O)CCCOc1ccc(-c2nnc([S@@](=O)Cc3ccccn3)o2)cc1. The second kappa shape index (κ2) is 14.5. The Morgan fingerprint density at radius 2 is 2.00 bits per heavy atom. The van der Waals surface area contributed by atoms with Crippen molar-refractivity contribution in [1.82, 2.24) is 20.5 Å². The van der Waals surface area contributed by atoms with Crippen LogP contribution < -0.4 is 10.1 Å². The van der Waals surface area contributed by atoms with E-state index in [4.69, 9.17) is 19.4 Å². The molecule has 3 aromatic rings. The van der Waals surface area contributed by atoms with E-state index >= 15 is 0 Å². The smallest absolute Gasteiger partial charge is 0.308 e. The number of azide groups is 1. The van der Waals surface area contributed by atoms with Crippen molar-refractivity contribution in [1.29, 1.82) is 0 Å². The van der Waals surface area contributed by atoms with Crippen LogP contribution in [0.1, 0.15) is 18.5 Å². The Morgan fingerprint density at radius 3 is 2.77 bits per heavy atom. The maximum absolute atomic E-state index is 12.4. The van der Waals surface area contributed by atoms with Gasteiger partial charge in [-0.3, -0.25) is 9.78 Å². The van der Waals surface area contributed by atoms with Crippen molar-refractivity contribution in [3.05, 3.63) is 64.8 Å². The molecule has 0 bridgehead atoms. The summed E-state index contributed by atoms with van der Waals surface area (Å²) in [4.78, 5) is 18.6. The lowest BCUT2D eigenvalue weighted by atomic mass is 10.2. The van der Waals surface area contributed by atoms with Crippen LogP contribution in [0.25, 0.3) is 21.9 Å². The molecule has 3 rings (SSSR count). The number of ether oxygens (including phenoxy) is 2. The van der Waals surface area contributed by atoms with Gasteiger partial charge in [-0.1, -0.05) is 16.3 Å². The van der Waals surface area contributed by atoms with Crippen LogP contribution >= 0.6 is 0 Å². The average molecular weight is 500 g/mol. The van der Waals surface area contributed by atoms with E-state index in [0.717, 1.165) is 0 Å². The number of carbonyl (C=O) groups is 1. The molecule has 1 N–H and O–H groups in total. The van der Waals surface area contributed by atoms with Crippen molar-refractivity contribution >= 4 is 16.7 Å². The molecule has 0 saturated heterocycles. The number of hydrogen-bond donors (Lipinski definition) is 1. The lowest BCUT2D eigenvalue weighted by molar-refractivity contribution is -0.121. The number of rotatable bonds is 15. The van der Waals surface area contributed by atoms with Gasteiger partial charge < -0.3 is 19.2 Å². The van der Waals surface area contributed by atoms with Crippen LogP contribution in [0.2, 0.25) is 0 Å². The number of benzene rings is 1. The molecule has 0 aliphatic carbocycles. The summed E-state index contributed by atoms with van der Waals surface area (Å²) in [6.45, 7) is 1.73. The zero-order valence-corrected chi connectivity index (χ0v) is 19.7. The number of nitrogens with one attached hydrogen (secondary N) is 1. The molecule has 13 heteroatoms. The minimum Gasteiger partial charge on any atom is -0.494 e. The Labute approximate surface area is 204 Å². The van der Waals surface area contributed by atoms with E-state index < -0.39 is 10.8 Å². The topological polar surface area (TPSA) is 165 Å². The lowest BCUT2D eigenvalue weighted by Crippen LogP contribution is -2.27. The Bertz CT molecular complexity index is 1130. The van der Waals surface area contributed by atoms with Gasteiger partial charge >= 0.3 is 5.22 Å². The molecule has 0 spiro atoms. The zero-order chi connectivity index (χ0) is 24.7. The summed E-state index contributed by atoms with van der Waals surface area (Å²) in [6.07, 6.45) is 2.53. The monoisotopic (exact) mass is 499 g/mol. The third kappa shape index (κ3) is 9.16. The van der Waals surface area contributed by atoms with Crippen molar-refractivity contribution in [3.63, 3.8) is 0 Å². The quantitative estimate of drug-likeness (QED) is 0.144. The number of nitrogens with zero attached hydrogens (tertiary/aromatic N) is 6. The van der Waals surface area contributed by atoms with E-state index in [9.17, 15) is 9.00 Å². The van der Waals surface area contributed by atoms with E-state index in [2.05, 4.69) is 30.5 Å². The third-order valence-electron chi connectivity index (χ3n) is 4.49. The fraction of sp³-hybridized carbons (Fsp3) is 0.364. The number of hydrogen-bond acceptors (Lipinski definition) is 9. The van der Waals surface area contributed by atoms with Crippen LogP contribution in [0, 0.1) is 0 Å². The maximum atomic E-state index is 12.4. The Kier molecular flexibility index (Phi) is 10.7. The van der Waals surface area contributed by atoms with Gasteiger partial charge in [0.25, 0.3) is 0 Å². The normalized spacial score (nSPS) is 11.4. The summed E-state index contributed by atoms with van der Waals surface area (Å²) in [6, 6.07) is 12.5. The van der Waals surface area contributed by atoms with Gasteiger partial charge in [0.15, 0.2) is 0 Å². The molecule has 1 amide bonds. The van der Waals surface area contributed by atoms with Crippen LogP contribution in [0.5, 0.6) is 5.75 Å². The molecule has 0 fully saturated rings. The molecule has 184 valence electrons. The minimum absolute atomic E-state index is 0.0454. The molecule has 2 heterocycles. The van der Waals surface area contributed by atoms with E-state index in [1.165, 1.54) is 0 Å². The van der Waals surface area contributed by atoms with Gasteiger partial charge in [0.1, 0.15) is 16.5 Å². The molecular formula is C22H25N7O5S. The molecule has 12 nitrogen and oxygen atoms in total. The van der Waals surface area contributed by atoms with Gasteiger partial charge in [-0.05, 0) is 48.4 Å². The highest BCUT2D eigenvalue weighted by atomic mass is 32.2. The predicted molar refractivity (Wildman–Crippen MR) is 127 cm³/mol. The fourth-order valence-corrected chi connectivity index (χ4v) is 3.68. The summed E-state index contributed by atoms with van der Waals surface area (Å²) in [5, 5.41) is 14.0. The second-order valence-electron chi connectivity index (χ2n) is 7.08. The summed E-state index contributed by atoms with van der Waals surface area (Å²) >= 11 is 0. The number of pyridine rings is 1. The van der Waals surface area contributed by atoms with Crippen LogP contribution in [-0.2, 0) is 26.1 Å². The first-order chi connectivity index (χ1) is 17.2. The van der Waals surface area contributed by atoms with Crippen LogP contribution in [0.4, 0.5) is 0 Å². The maximum Gasteiger partial charge on any atom is 0.308 e. The van der Waals surface area contributed by atoms with Gasteiger partial charge in [-0.15, -0.1) is 5.10 Å². The van der Waals surface area contributed by atoms with Crippen molar-refractivity contribution in [3.8, 4) is 17.2 Å². The van der Waals surface area contributed by atoms with Gasteiger partial charge in [0.05, 0.1) is 31.3 Å². The zero-order valence-electron chi connectivity index (χ0n) is 18.9. The van der Waals surface area contributed by atoms with E-state index in [-0.39, 0.29) is 29.3 Å². The van der Waals surface area contributed by atoms with Crippen LogP contribution in [0.3, 0.4) is 0 Å². The van der Waals surface area contributed by atoms with Crippen molar-refractivity contribution < 1.29 is 22.9 Å². The summed E-state index contributed by atoms with van der Waals surface area (Å²) in [5.41, 5.74) is 9.50. The molecule has 0 radical (unpaired) electrons. The van der Waals surface area contributed by atoms with Gasteiger partial charge in [0.2, 0.25) is 11.8 Å². The van der Waals surface area contributed by atoms with E-state index in [1.807, 2.05) is 6.07 Å². The molecule has 1 aromatic carbocycles. The number of aromatic nitrogens is 3. The fourth-order valence-electron chi connectivity index (χ4n) is 2.82. The van der Waals surface area contributed by atoms with E-state index in [1.54, 1.807) is 42.6 Å². The van der Waals surface area contributed by atoms with Gasteiger partial charge in [0, 0.05) is 36.2 Å². The number of amides is 1. The summed E-state index contributed by atoms with van der Waals surface area (Å²) in [7, 11) is -1.49. The highest BCUT2D eigenvalue weighted by Gasteiger charge is 2.15. The first-order valence-electron chi connectivity index (χ1n) is 10.9. The minimum atomic E-state index is -1.49. The molecule has 35 heavy (non-hydrogen) atoms. The summed E-state index contributed by atoms with van der Waals surface area (Å²) < 4.78 is 28.9. The standard InChI is InChI=1S/C22H25N7O5S/c23-29-26-12-15-32-14-11-25-20(30)5-3-13-33-19-8-6-17(7-9-19)21-27-28-22(34-21)35(31)16-18-4-1-2-10-24-18/h1-2,4,6-10H,3,5,11-16H2,(H,25,30)/t35-/m0/s1. The molecule has 0 aliphatic rings.